The largest absolute Gasteiger partial charge is 0.296 e. The molecule has 0 atom stereocenters. The van der Waals surface area contributed by atoms with E-state index in [2.05, 4.69) is 20.3 Å². The fourth-order valence-corrected chi connectivity index (χ4v) is 3.34. The minimum absolute atomic E-state index is 0.0554. The second-order valence-corrected chi connectivity index (χ2v) is 7.16. The molecule has 8 nitrogen and oxygen atoms in total. The highest BCUT2D eigenvalue weighted by Crippen LogP contribution is 2.18. The molecule has 1 aliphatic heterocycles. The third-order valence-corrected chi connectivity index (χ3v) is 5.08. The molecule has 9 heteroatoms. The van der Waals surface area contributed by atoms with Crippen LogP contribution >= 0.6 is 11.6 Å². The Morgan fingerprint density at radius 2 is 1.76 bits per heavy atom. The zero-order valence-corrected chi connectivity index (χ0v) is 16.6. The molecular weight excluding hydrogens is 394 g/mol. The number of hydrazone groups is 1. The summed E-state index contributed by atoms with van der Waals surface area (Å²) >= 11 is 6.22. The van der Waals surface area contributed by atoms with Crippen molar-refractivity contribution >= 4 is 29.4 Å². The summed E-state index contributed by atoms with van der Waals surface area (Å²) in [6.07, 6.45) is 1.29. The second-order valence-electron chi connectivity index (χ2n) is 6.75. The summed E-state index contributed by atoms with van der Waals surface area (Å²) in [5.41, 5.74) is 3.82. The maximum absolute atomic E-state index is 12.1. The van der Waals surface area contributed by atoms with E-state index < -0.39 is 4.92 Å². The van der Waals surface area contributed by atoms with Crippen LogP contribution in [-0.2, 0) is 11.3 Å². The van der Waals surface area contributed by atoms with E-state index in [1.54, 1.807) is 18.2 Å². The van der Waals surface area contributed by atoms with Crippen molar-refractivity contribution in [3.8, 4) is 0 Å². The van der Waals surface area contributed by atoms with E-state index >= 15 is 0 Å². The van der Waals surface area contributed by atoms with Crippen molar-refractivity contribution in [3.05, 3.63) is 74.8 Å². The number of halogens is 1. The summed E-state index contributed by atoms with van der Waals surface area (Å²) in [7, 11) is 0. The Morgan fingerprint density at radius 1 is 1.10 bits per heavy atom. The molecule has 0 radical (unpaired) electrons. The minimum Gasteiger partial charge on any atom is -0.296 e. The van der Waals surface area contributed by atoms with Gasteiger partial charge in [0.15, 0.2) is 0 Å². The van der Waals surface area contributed by atoms with Gasteiger partial charge in [0.05, 0.1) is 23.2 Å². The molecule has 29 heavy (non-hydrogen) atoms. The van der Waals surface area contributed by atoms with Crippen LogP contribution in [0.4, 0.5) is 5.69 Å². The van der Waals surface area contributed by atoms with Crippen LogP contribution in [0.15, 0.2) is 53.6 Å². The van der Waals surface area contributed by atoms with Crippen LogP contribution in [-0.4, -0.2) is 59.6 Å². The molecule has 0 bridgehead atoms. The molecule has 1 fully saturated rings. The van der Waals surface area contributed by atoms with E-state index in [9.17, 15) is 14.9 Å². The summed E-state index contributed by atoms with van der Waals surface area (Å²) < 4.78 is 0. The quantitative estimate of drug-likeness (QED) is 0.426. The normalized spacial score (nSPS) is 15.5. The van der Waals surface area contributed by atoms with Gasteiger partial charge in [0.2, 0.25) is 0 Å². The molecule has 152 valence electrons. The molecule has 1 amide bonds. The standard InChI is InChI=1S/C20H22ClN5O3/c21-18-7-3-1-6-17(18)14-24-9-11-25(12-10-24)15-20(27)23-22-13-16-5-2-4-8-19(16)26(28)29/h1-8,13H,9-12,14-15H2,(H,23,27). The van der Waals surface area contributed by atoms with Crippen LogP contribution in [0.5, 0.6) is 0 Å². The van der Waals surface area contributed by atoms with E-state index in [0.29, 0.717) is 5.56 Å². The first-order valence-electron chi connectivity index (χ1n) is 9.26. The van der Waals surface area contributed by atoms with Gasteiger partial charge in [-0.05, 0) is 17.7 Å². The SMILES string of the molecule is O=C(CN1CCN(Cc2ccccc2Cl)CC1)NN=Cc1ccccc1[N+](=O)[O-]. The molecule has 0 unspecified atom stereocenters. The van der Waals surface area contributed by atoms with Gasteiger partial charge >= 0.3 is 0 Å². The van der Waals surface area contributed by atoms with Crippen LogP contribution in [0.3, 0.4) is 0 Å². The van der Waals surface area contributed by atoms with Crippen molar-refractivity contribution in [1.82, 2.24) is 15.2 Å². The predicted molar refractivity (Wildman–Crippen MR) is 112 cm³/mol. The number of para-hydroxylation sites is 1. The van der Waals surface area contributed by atoms with Gasteiger partial charge in [0.25, 0.3) is 11.6 Å². The topological polar surface area (TPSA) is 91.1 Å². The smallest absolute Gasteiger partial charge is 0.278 e. The third-order valence-electron chi connectivity index (χ3n) is 4.71. The lowest BCUT2D eigenvalue weighted by molar-refractivity contribution is -0.385. The van der Waals surface area contributed by atoms with Gasteiger partial charge in [-0.2, -0.15) is 5.10 Å². The Morgan fingerprint density at radius 3 is 2.48 bits per heavy atom. The highest BCUT2D eigenvalue weighted by molar-refractivity contribution is 6.31. The van der Waals surface area contributed by atoms with Crippen LogP contribution in [0, 0.1) is 10.1 Å². The lowest BCUT2D eigenvalue weighted by atomic mass is 10.2. The van der Waals surface area contributed by atoms with Crippen molar-refractivity contribution < 1.29 is 9.72 Å². The zero-order valence-electron chi connectivity index (χ0n) is 15.8. The summed E-state index contributed by atoms with van der Waals surface area (Å²) in [6.45, 7) is 4.25. The molecule has 2 aromatic rings. The number of piperazine rings is 1. The highest BCUT2D eigenvalue weighted by Gasteiger charge is 2.19. The first-order chi connectivity index (χ1) is 14.0. The van der Waals surface area contributed by atoms with E-state index in [4.69, 9.17) is 11.6 Å². The van der Waals surface area contributed by atoms with Crippen LogP contribution in [0.2, 0.25) is 5.02 Å². The molecule has 3 rings (SSSR count). The Hall–Kier alpha value is -2.81. The molecular formula is C20H22ClN5O3. The molecule has 1 saturated heterocycles. The molecule has 0 spiro atoms. The number of carbonyl (C=O) groups is 1. The fraction of sp³-hybridized carbons (Fsp3) is 0.300. The Balaban J connectivity index is 1.43. The van der Waals surface area contributed by atoms with Crippen LogP contribution in [0.25, 0.3) is 0 Å². The Kier molecular flexibility index (Phi) is 7.29. The van der Waals surface area contributed by atoms with E-state index in [1.165, 1.54) is 12.3 Å². The maximum atomic E-state index is 12.1. The van der Waals surface area contributed by atoms with Gasteiger partial charge in [-0.1, -0.05) is 41.9 Å². The van der Waals surface area contributed by atoms with Crippen molar-refractivity contribution in [2.45, 2.75) is 6.54 Å². The lowest BCUT2D eigenvalue weighted by Crippen LogP contribution is -2.48. The Labute approximate surface area is 173 Å². The monoisotopic (exact) mass is 415 g/mol. The molecule has 1 N–H and O–H groups in total. The molecule has 2 aromatic carbocycles. The molecule has 0 aliphatic carbocycles. The molecule has 1 heterocycles. The average Bonchev–Trinajstić information content (AvgIpc) is 2.71. The first-order valence-corrected chi connectivity index (χ1v) is 9.64. The summed E-state index contributed by atoms with van der Waals surface area (Å²) in [6, 6.07) is 14.0. The van der Waals surface area contributed by atoms with Crippen LogP contribution in [0.1, 0.15) is 11.1 Å². The van der Waals surface area contributed by atoms with Gasteiger partial charge in [0.1, 0.15) is 0 Å². The summed E-state index contributed by atoms with van der Waals surface area (Å²) in [5.74, 6) is -0.251. The molecule has 0 aromatic heterocycles. The van der Waals surface area contributed by atoms with E-state index in [0.717, 1.165) is 43.3 Å². The highest BCUT2D eigenvalue weighted by atomic mass is 35.5. The summed E-state index contributed by atoms with van der Waals surface area (Å²) in [4.78, 5) is 27.0. The second kappa shape index (κ2) is 10.1. The number of carbonyl (C=O) groups excluding carboxylic acids is 1. The number of rotatable bonds is 7. The number of nitrogens with zero attached hydrogens (tertiary/aromatic N) is 4. The summed E-state index contributed by atoms with van der Waals surface area (Å²) in [5, 5.41) is 15.6. The van der Waals surface area contributed by atoms with Gasteiger partial charge < -0.3 is 0 Å². The number of hydrogen-bond donors (Lipinski definition) is 1. The van der Waals surface area contributed by atoms with E-state index in [1.807, 2.05) is 24.3 Å². The zero-order chi connectivity index (χ0) is 20.6. The predicted octanol–water partition coefficient (Wildman–Crippen LogP) is 2.52. The fourth-order valence-electron chi connectivity index (χ4n) is 3.15. The van der Waals surface area contributed by atoms with Crippen molar-refractivity contribution in [2.75, 3.05) is 32.7 Å². The number of amides is 1. The van der Waals surface area contributed by atoms with Crippen molar-refractivity contribution in [3.63, 3.8) is 0 Å². The van der Waals surface area contributed by atoms with Gasteiger partial charge in [0, 0.05) is 43.8 Å². The van der Waals surface area contributed by atoms with Gasteiger partial charge in [-0.25, -0.2) is 5.43 Å². The van der Waals surface area contributed by atoms with Gasteiger partial charge in [-0.3, -0.25) is 24.7 Å². The maximum Gasteiger partial charge on any atom is 0.278 e. The minimum atomic E-state index is -0.481. The number of benzene rings is 2. The lowest BCUT2D eigenvalue weighted by Gasteiger charge is -2.34. The van der Waals surface area contributed by atoms with E-state index in [-0.39, 0.29) is 18.1 Å². The first kappa shape index (κ1) is 20.9. The van der Waals surface area contributed by atoms with Crippen LogP contribution < -0.4 is 5.43 Å². The third kappa shape index (κ3) is 6.08. The Bertz CT molecular complexity index is 897. The van der Waals surface area contributed by atoms with Crippen molar-refractivity contribution in [2.24, 2.45) is 5.10 Å². The van der Waals surface area contributed by atoms with Gasteiger partial charge in [-0.15, -0.1) is 0 Å². The number of nitro groups is 1. The average molecular weight is 416 g/mol. The number of hydrogen-bond acceptors (Lipinski definition) is 6. The number of nitrogens with one attached hydrogen (secondary N) is 1. The van der Waals surface area contributed by atoms with Crippen molar-refractivity contribution in [1.29, 1.82) is 0 Å². The molecule has 1 aliphatic rings. The molecule has 0 saturated carbocycles. The number of nitro benzene ring substituents is 1.